The minimum absolute atomic E-state index is 0.764. The molecule has 1 aliphatic rings. The molecule has 4 nitrogen and oxygen atoms in total. The molecule has 0 amide bonds. The first-order valence-electron chi connectivity index (χ1n) is 5.39. The van der Waals surface area contributed by atoms with Gasteiger partial charge in [-0.1, -0.05) is 0 Å². The normalized spacial score (nSPS) is 16.7. The molecule has 0 spiro atoms. The number of methoxy groups -OCH3 is 1. The summed E-state index contributed by atoms with van der Waals surface area (Å²) in [4.78, 5) is 0. The van der Waals surface area contributed by atoms with Gasteiger partial charge in [0, 0.05) is 0 Å². The molecule has 0 N–H and O–H groups in total. The topological polar surface area (TPSA) is 34.1 Å². The van der Waals surface area contributed by atoms with Gasteiger partial charge in [0.15, 0.2) is 0 Å². The highest BCUT2D eigenvalue weighted by molar-refractivity contribution is 5.79. The van der Waals surface area contributed by atoms with E-state index in [0.29, 0.717) is 0 Å². The molecule has 0 unspecified atom stereocenters. The summed E-state index contributed by atoms with van der Waals surface area (Å²) in [7, 11) is 1.66. The predicted octanol–water partition coefficient (Wildman–Crippen LogP) is 1.36. The summed E-state index contributed by atoms with van der Waals surface area (Å²) < 4.78 is 10.3. The fraction of sp³-hybridized carbons (Fsp3) is 0.417. The van der Waals surface area contributed by atoms with Crippen LogP contribution in [0.2, 0.25) is 0 Å². The number of hydrogen-bond donors (Lipinski definition) is 0. The molecule has 0 radical (unpaired) electrons. The highest BCUT2D eigenvalue weighted by Crippen LogP contribution is 2.10. The third-order valence-electron chi connectivity index (χ3n) is 2.47. The van der Waals surface area contributed by atoms with E-state index in [-0.39, 0.29) is 0 Å². The zero-order valence-corrected chi connectivity index (χ0v) is 9.43. The molecule has 1 aromatic carbocycles. The molecule has 16 heavy (non-hydrogen) atoms. The number of nitrogens with zero attached hydrogens (tertiary/aromatic N) is 2. The second-order valence-electron chi connectivity index (χ2n) is 3.58. The van der Waals surface area contributed by atoms with Crippen LogP contribution in [0.1, 0.15) is 5.56 Å². The molecule has 1 fully saturated rings. The molecule has 0 saturated carbocycles. The van der Waals surface area contributed by atoms with E-state index in [9.17, 15) is 0 Å². The lowest BCUT2D eigenvalue weighted by molar-refractivity contribution is 0.0397. The largest absolute Gasteiger partial charge is 0.497 e. The van der Waals surface area contributed by atoms with Crippen LogP contribution < -0.4 is 4.74 Å². The second kappa shape index (κ2) is 5.51. The van der Waals surface area contributed by atoms with Crippen molar-refractivity contribution in [1.82, 2.24) is 5.01 Å². The van der Waals surface area contributed by atoms with Crippen molar-refractivity contribution in [1.29, 1.82) is 0 Å². The van der Waals surface area contributed by atoms with Gasteiger partial charge in [-0.25, -0.2) is 0 Å². The highest BCUT2D eigenvalue weighted by Gasteiger charge is 2.05. The summed E-state index contributed by atoms with van der Waals surface area (Å²) >= 11 is 0. The van der Waals surface area contributed by atoms with E-state index in [4.69, 9.17) is 9.47 Å². The number of hydrazone groups is 1. The van der Waals surface area contributed by atoms with Crippen LogP contribution in [-0.2, 0) is 4.74 Å². The minimum atomic E-state index is 0.764. The van der Waals surface area contributed by atoms with Crippen molar-refractivity contribution >= 4 is 6.21 Å². The van der Waals surface area contributed by atoms with Gasteiger partial charge in [0.1, 0.15) is 5.75 Å². The minimum Gasteiger partial charge on any atom is -0.497 e. The van der Waals surface area contributed by atoms with Gasteiger partial charge >= 0.3 is 0 Å². The smallest absolute Gasteiger partial charge is 0.118 e. The molecular formula is C12H16N2O2. The molecule has 4 heteroatoms. The zero-order valence-electron chi connectivity index (χ0n) is 9.43. The van der Waals surface area contributed by atoms with Crippen LogP contribution in [0.3, 0.4) is 0 Å². The first-order valence-corrected chi connectivity index (χ1v) is 5.39. The number of benzene rings is 1. The number of rotatable bonds is 3. The molecule has 0 aliphatic carbocycles. The Hall–Kier alpha value is -1.55. The first-order chi connectivity index (χ1) is 7.88. The fourth-order valence-electron chi connectivity index (χ4n) is 1.51. The van der Waals surface area contributed by atoms with Crippen molar-refractivity contribution in [3.63, 3.8) is 0 Å². The molecule has 1 saturated heterocycles. The van der Waals surface area contributed by atoms with Gasteiger partial charge in [0.2, 0.25) is 0 Å². The van der Waals surface area contributed by atoms with Gasteiger partial charge in [0.25, 0.3) is 0 Å². The second-order valence-corrected chi connectivity index (χ2v) is 3.58. The molecule has 1 aromatic rings. The van der Waals surface area contributed by atoms with Crippen molar-refractivity contribution < 1.29 is 9.47 Å². The van der Waals surface area contributed by atoms with Crippen molar-refractivity contribution in [3.8, 4) is 5.75 Å². The van der Waals surface area contributed by atoms with Crippen LogP contribution in [0.15, 0.2) is 29.4 Å². The zero-order chi connectivity index (χ0) is 11.2. The predicted molar refractivity (Wildman–Crippen MR) is 63.0 cm³/mol. The Morgan fingerprint density at radius 1 is 1.25 bits per heavy atom. The number of hydrogen-bond acceptors (Lipinski definition) is 4. The van der Waals surface area contributed by atoms with Crippen molar-refractivity contribution in [2.75, 3.05) is 33.4 Å². The third kappa shape index (κ3) is 2.97. The maximum Gasteiger partial charge on any atom is 0.118 e. The molecular weight excluding hydrogens is 204 g/mol. The Balaban J connectivity index is 1.94. The lowest BCUT2D eigenvalue weighted by atomic mass is 10.2. The quantitative estimate of drug-likeness (QED) is 0.721. The fourth-order valence-corrected chi connectivity index (χ4v) is 1.51. The number of ether oxygens (including phenoxy) is 2. The molecule has 0 atom stereocenters. The Morgan fingerprint density at radius 3 is 2.56 bits per heavy atom. The van der Waals surface area contributed by atoms with Gasteiger partial charge in [-0.05, 0) is 29.8 Å². The Kier molecular flexibility index (Phi) is 3.77. The van der Waals surface area contributed by atoms with Crippen LogP contribution in [0.4, 0.5) is 0 Å². The van der Waals surface area contributed by atoms with E-state index in [1.165, 1.54) is 0 Å². The van der Waals surface area contributed by atoms with Gasteiger partial charge in [-0.15, -0.1) is 0 Å². The van der Waals surface area contributed by atoms with Gasteiger partial charge in [-0.2, -0.15) is 5.10 Å². The molecule has 0 bridgehead atoms. The van der Waals surface area contributed by atoms with Gasteiger partial charge in [0.05, 0.1) is 39.6 Å². The average Bonchev–Trinajstić information content (AvgIpc) is 2.38. The summed E-state index contributed by atoms with van der Waals surface area (Å²) in [6.07, 6.45) is 1.87. The van der Waals surface area contributed by atoms with Gasteiger partial charge in [-0.3, -0.25) is 5.01 Å². The van der Waals surface area contributed by atoms with Crippen molar-refractivity contribution in [3.05, 3.63) is 29.8 Å². The lowest BCUT2D eigenvalue weighted by Crippen LogP contribution is -2.32. The summed E-state index contributed by atoms with van der Waals surface area (Å²) in [5.74, 6) is 0.864. The van der Waals surface area contributed by atoms with E-state index in [1.807, 2.05) is 35.5 Å². The van der Waals surface area contributed by atoms with E-state index in [0.717, 1.165) is 37.6 Å². The van der Waals surface area contributed by atoms with E-state index in [2.05, 4.69) is 5.10 Å². The first kappa shape index (κ1) is 11.0. The molecule has 2 rings (SSSR count). The van der Waals surface area contributed by atoms with Crippen LogP contribution in [0.5, 0.6) is 5.75 Å². The van der Waals surface area contributed by atoms with Crippen LogP contribution in [0.25, 0.3) is 0 Å². The summed E-state index contributed by atoms with van der Waals surface area (Å²) in [6.45, 7) is 3.26. The lowest BCUT2D eigenvalue weighted by Gasteiger charge is -2.23. The Bertz CT molecular complexity index is 343. The van der Waals surface area contributed by atoms with E-state index < -0.39 is 0 Å². The maximum absolute atomic E-state index is 5.25. The molecule has 0 aromatic heterocycles. The van der Waals surface area contributed by atoms with E-state index in [1.54, 1.807) is 7.11 Å². The van der Waals surface area contributed by atoms with Gasteiger partial charge < -0.3 is 9.47 Å². The number of morpholine rings is 1. The summed E-state index contributed by atoms with van der Waals surface area (Å²) in [5, 5.41) is 6.42. The summed E-state index contributed by atoms with van der Waals surface area (Å²) in [5.41, 5.74) is 1.08. The average molecular weight is 220 g/mol. The van der Waals surface area contributed by atoms with Crippen molar-refractivity contribution in [2.24, 2.45) is 5.10 Å². The van der Waals surface area contributed by atoms with E-state index >= 15 is 0 Å². The standard InChI is InChI=1S/C12H16N2O2/c1-15-12-4-2-11(3-5-12)10-13-14-6-8-16-9-7-14/h2-5,10H,6-9H2,1H3. The van der Waals surface area contributed by atoms with Crippen molar-refractivity contribution in [2.45, 2.75) is 0 Å². The third-order valence-corrected chi connectivity index (χ3v) is 2.47. The SMILES string of the molecule is COc1ccc(C=NN2CCOCC2)cc1. The van der Waals surface area contributed by atoms with Crippen LogP contribution >= 0.6 is 0 Å². The Labute approximate surface area is 95.5 Å². The molecule has 1 heterocycles. The van der Waals surface area contributed by atoms with Crippen LogP contribution in [0, 0.1) is 0 Å². The maximum atomic E-state index is 5.25. The monoisotopic (exact) mass is 220 g/mol. The highest BCUT2D eigenvalue weighted by atomic mass is 16.5. The van der Waals surface area contributed by atoms with Crippen LogP contribution in [-0.4, -0.2) is 44.6 Å². The Morgan fingerprint density at radius 2 is 1.94 bits per heavy atom. The molecule has 1 aliphatic heterocycles. The molecule has 86 valence electrons. The summed E-state index contributed by atoms with van der Waals surface area (Å²) in [6, 6.07) is 7.84.